The molecular formula is C21H25ClFN3O2. The minimum Gasteiger partial charge on any atom is -0.337 e. The third-order valence-electron chi connectivity index (χ3n) is 4.98. The topological polar surface area (TPSA) is 61.4 Å². The Balaban J connectivity index is 0.00000280. The number of aryl methyl sites for hydroxylation is 1. The second kappa shape index (κ2) is 9.66. The summed E-state index contributed by atoms with van der Waals surface area (Å²) in [4.78, 5) is 27.4. The van der Waals surface area contributed by atoms with Crippen LogP contribution in [0.3, 0.4) is 0 Å². The van der Waals surface area contributed by atoms with Gasteiger partial charge in [-0.05, 0) is 50.6 Å². The zero-order valence-corrected chi connectivity index (χ0v) is 16.8. The summed E-state index contributed by atoms with van der Waals surface area (Å²) in [5.41, 5.74) is 1.57. The van der Waals surface area contributed by atoms with Gasteiger partial charge in [-0.1, -0.05) is 24.3 Å². The SMILES string of the molecule is CNC1CCCN(C(=O)c2cccc(C)c2NC(=O)c2ccccc2F)C1.Cl. The van der Waals surface area contributed by atoms with Crippen molar-refractivity contribution in [1.29, 1.82) is 0 Å². The van der Waals surface area contributed by atoms with Crippen LogP contribution in [-0.4, -0.2) is 42.9 Å². The first-order valence-corrected chi connectivity index (χ1v) is 9.13. The lowest BCUT2D eigenvalue weighted by molar-refractivity contribution is 0.0699. The van der Waals surface area contributed by atoms with Crippen LogP contribution in [0.1, 0.15) is 39.1 Å². The Morgan fingerprint density at radius 2 is 1.82 bits per heavy atom. The molecule has 0 spiro atoms. The Kier molecular flexibility index (Phi) is 7.54. The Labute approximate surface area is 170 Å². The van der Waals surface area contributed by atoms with Crippen LogP contribution in [0.4, 0.5) is 10.1 Å². The predicted octanol–water partition coefficient (Wildman–Crippen LogP) is 3.63. The predicted molar refractivity (Wildman–Crippen MR) is 111 cm³/mol. The number of nitrogens with zero attached hydrogens (tertiary/aromatic N) is 1. The Hall–Kier alpha value is -2.44. The number of benzene rings is 2. The summed E-state index contributed by atoms with van der Waals surface area (Å²) in [6.07, 6.45) is 1.96. The van der Waals surface area contributed by atoms with Crippen molar-refractivity contribution in [2.24, 2.45) is 0 Å². The minimum absolute atomic E-state index is 0. The lowest BCUT2D eigenvalue weighted by Gasteiger charge is -2.33. The van der Waals surface area contributed by atoms with Crippen molar-refractivity contribution >= 4 is 29.9 Å². The maximum absolute atomic E-state index is 13.9. The average molecular weight is 406 g/mol. The summed E-state index contributed by atoms with van der Waals surface area (Å²) in [6.45, 7) is 3.13. The number of likely N-dealkylation sites (N-methyl/N-ethyl adjacent to an activating group) is 1. The lowest BCUT2D eigenvalue weighted by Crippen LogP contribution is -2.47. The van der Waals surface area contributed by atoms with Gasteiger partial charge in [-0.2, -0.15) is 0 Å². The molecule has 2 N–H and O–H groups in total. The van der Waals surface area contributed by atoms with E-state index in [4.69, 9.17) is 0 Å². The monoisotopic (exact) mass is 405 g/mol. The summed E-state index contributed by atoms with van der Waals surface area (Å²) in [5, 5.41) is 5.96. The zero-order chi connectivity index (χ0) is 19.4. The molecular weight excluding hydrogens is 381 g/mol. The van der Waals surface area contributed by atoms with Gasteiger partial charge in [0.2, 0.25) is 0 Å². The standard InChI is InChI=1S/C21H24FN3O2.ClH/c1-14-7-5-10-17(21(27)25-12-6-8-15(13-25)23-2)19(14)24-20(26)16-9-3-4-11-18(16)22;/h3-5,7,9-11,15,23H,6,8,12-13H2,1-2H3,(H,24,26);1H. The van der Waals surface area contributed by atoms with Crippen molar-refractivity contribution in [3.05, 3.63) is 65.0 Å². The van der Waals surface area contributed by atoms with Crippen LogP contribution in [0, 0.1) is 12.7 Å². The molecule has 0 aromatic heterocycles. The van der Waals surface area contributed by atoms with E-state index >= 15 is 0 Å². The summed E-state index contributed by atoms with van der Waals surface area (Å²) in [7, 11) is 1.89. The van der Waals surface area contributed by atoms with Gasteiger partial charge in [0.1, 0.15) is 5.82 Å². The Morgan fingerprint density at radius 3 is 2.54 bits per heavy atom. The van der Waals surface area contributed by atoms with Crippen molar-refractivity contribution in [2.75, 3.05) is 25.5 Å². The molecule has 0 saturated carbocycles. The van der Waals surface area contributed by atoms with Gasteiger partial charge in [-0.25, -0.2) is 4.39 Å². The molecule has 0 radical (unpaired) electrons. The largest absolute Gasteiger partial charge is 0.337 e. The molecule has 1 saturated heterocycles. The van der Waals surface area contributed by atoms with E-state index in [1.165, 1.54) is 18.2 Å². The summed E-state index contributed by atoms with van der Waals surface area (Å²) >= 11 is 0. The highest BCUT2D eigenvalue weighted by molar-refractivity contribution is 6.09. The number of hydrogen-bond donors (Lipinski definition) is 2. The maximum Gasteiger partial charge on any atom is 0.258 e. The van der Waals surface area contributed by atoms with Crippen molar-refractivity contribution in [2.45, 2.75) is 25.8 Å². The molecule has 2 aromatic carbocycles. The third-order valence-corrected chi connectivity index (χ3v) is 4.98. The molecule has 2 amide bonds. The summed E-state index contributed by atoms with van der Waals surface area (Å²) in [5.74, 6) is -1.28. The molecule has 0 aliphatic carbocycles. The fourth-order valence-electron chi connectivity index (χ4n) is 3.41. The number of rotatable bonds is 4. The molecule has 2 aromatic rings. The molecule has 0 bridgehead atoms. The first-order valence-electron chi connectivity index (χ1n) is 9.13. The van der Waals surface area contributed by atoms with Crippen LogP contribution >= 0.6 is 12.4 Å². The number of anilines is 1. The molecule has 7 heteroatoms. The van der Waals surface area contributed by atoms with E-state index in [9.17, 15) is 14.0 Å². The van der Waals surface area contributed by atoms with E-state index in [0.717, 1.165) is 18.4 Å². The quantitative estimate of drug-likeness (QED) is 0.816. The number of para-hydroxylation sites is 1. The van der Waals surface area contributed by atoms with E-state index in [-0.39, 0.29) is 29.9 Å². The number of carbonyl (C=O) groups excluding carboxylic acids is 2. The van der Waals surface area contributed by atoms with Crippen molar-refractivity contribution < 1.29 is 14.0 Å². The summed E-state index contributed by atoms with van der Waals surface area (Å²) < 4.78 is 13.9. The van der Waals surface area contributed by atoms with E-state index < -0.39 is 11.7 Å². The number of likely N-dealkylation sites (tertiary alicyclic amines) is 1. The lowest BCUT2D eigenvalue weighted by atomic mass is 10.0. The molecule has 1 fully saturated rings. The van der Waals surface area contributed by atoms with Crippen molar-refractivity contribution in [3.63, 3.8) is 0 Å². The van der Waals surface area contributed by atoms with Gasteiger partial charge in [0.05, 0.1) is 16.8 Å². The first kappa shape index (κ1) is 21.9. The zero-order valence-electron chi connectivity index (χ0n) is 16.0. The number of halogens is 2. The molecule has 5 nitrogen and oxygen atoms in total. The number of amides is 2. The Bertz CT molecular complexity index is 859. The highest BCUT2D eigenvalue weighted by Crippen LogP contribution is 2.25. The minimum atomic E-state index is -0.593. The van der Waals surface area contributed by atoms with Gasteiger partial charge in [-0.3, -0.25) is 9.59 Å². The van der Waals surface area contributed by atoms with Gasteiger partial charge in [0.15, 0.2) is 0 Å². The van der Waals surface area contributed by atoms with Crippen LogP contribution in [0.15, 0.2) is 42.5 Å². The smallest absolute Gasteiger partial charge is 0.258 e. The molecule has 1 aliphatic heterocycles. The highest BCUT2D eigenvalue weighted by Gasteiger charge is 2.26. The second-order valence-electron chi connectivity index (χ2n) is 6.81. The fraction of sp³-hybridized carbons (Fsp3) is 0.333. The normalized spacial score (nSPS) is 16.2. The molecule has 1 heterocycles. The second-order valence-corrected chi connectivity index (χ2v) is 6.81. The van der Waals surface area contributed by atoms with Crippen LogP contribution in [0.25, 0.3) is 0 Å². The number of carbonyl (C=O) groups is 2. The van der Waals surface area contributed by atoms with Crippen LogP contribution in [0.5, 0.6) is 0 Å². The van der Waals surface area contributed by atoms with Gasteiger partial charge >= 0.3 is 0 Å². The number of piperidine rings is 1. The fourth-order valence-corrected chi connectivity index (χ4v) is 3.41. The van der Waals surface area contributed by atoms with Gasteiger partial charge in [0, 0.05) is 19.1 Å². The highest BCUT2D eigenvalue weighted by atomic mass is 35.5. The number of nitrogens with one attached hydrogen (secondary N) is 2. The van der Waals surface area contributed by atoms with Crippen LogP contribution in [0.2, 0.25) is 0 Å². The first-order chi connectivity index (χ1) is 13.0. The third kappa shape index (κ3) is 4.69. The van der Waals surface area contributed by atoms with Crippen LogP contribution < -0.4 is 10.6 Å². The van der Waals surface area contributed by atoms with Crippen molar-refractivity contribution in [1.82, 2.24) is 10.2 Å². The van der Waals surface area contributed by atoms with Gasteiger partial charge in [0.25, 0.3) is 11.8 Å². The molecule has 1 aliphatic rings. The average Bonchev–Trinajstić information content (AvgIpc) is 2.69. The molecule has 3 rings (SSSR count). The van der Waals surface area contributed by atoms with Gasteiger partial charge < -0.3 is 15.5 Å². The molecule has 150 valence electrons. The molecule has 28 heavy (non-hydrogen) atoms. The molecule has 1 atom stereocenters. The van der Waals surface area contributed by atoms with Crippen molar-refractivity contribution in [3.8, 4) is 0 Å². The van der Waals surface area contributed by atoms with E-state index in [2.05, 4.69) is 10.6 Å². The van der Waals surface area contributed by atoms with E-state index in [0.29, 0.717) is 24.3 Å². The van der Waals surface area contributed by atoms with Gasteiger partial charge in [-0.15, -0.1) is 12.4 Å². The van der Waals surface area contributed by atoms with E-state index in [1.807, 2.05) is 20.0 Å². The number of hydrogen-bond acceptors (Lipinski definition) is 3. The van der Waals surface area contributed by atoms with Crippen LogP contribution in [-0.2, 0) is 0 Å². The maximum atomic E-state index is 13.9. The Morgan fingerprint density at radius 1 is 1.11 bits per heavy atom. The molecule has 1 unspecified atom stereocenters. The summed E-state index contributed by atoms with van der Waals surface area (Å²) in [6, 6.07) is 11.4. The van der Waals surface area contributed by atoms with E-state index in [1.54, 1.807) is 23.1 Å².